The Morgan fingerprint density at radius 3 is 2.82 bits per heavy atom. The maximum absolute atomic E-state index is 10.5. The molecular weight excluding hydrogens is 236 g/mol. The molecule has 5 nitrogen and oxygen atoms in total. The second-order valence-electron chi connectivity index (χ2n) is 3.64. The molecule has 92 valence electrons. The minimum atomic E-state index is -0.265. The largest absolute Gasteiger partial charge is 0.389 e. The molecule has 0 aliphatic heterocycles. The first-order chi connectivity index (χ1) is 8.09. The normalized spacial score (nSPS) is 9.88. The Morgan fingerprint density at radius 1 is 1.41 bits per heavy atom. The SMILES string of the molecule is NC(=O)CCCCNc1cc(C(N)=S)ccn1. The van der Waals surface area contributed by atoms with Gasteiger partial charge in [-0.15, -0.1) is 0 Å². The number of pyridine rings is 1. The number of amides is 1. The van der Waals surface area contributed by atoms with Gasteiger partial charge >= 0.3 is 0 Å². The summed E-state index contributed by atoms with van der Waals surface area (Å²) in [5, 5.41) is 3.14. The van der Waals surface area contributed by atoms with Crippen LogP contribution in [0.5, 0.6) is 0 Å². The number of anilines is 1. The predicted octanol–water partition coefficient (Wildman–Crippen LogP) is 0.783. The van der Waals surface area contributed by atoms with Gasteiger partial charge in [0.2, 0.25) is 5.91 Å². The average molecular weight is 252 g/mol. The van der Waals surface area contributed by atoms with Gasteiger partial charge in [0.15, 0.2) is 0 Å². The molecule has 0 aromatic carbocycles. The summed E-state index contributed by atoms with van der Waals surface area (Å²) in [5.41, 5.74) is 11.3. The highest BCUT2D eigenvalue weighted by Crippen LogP contribution is 2.07. The van der Waals surface area contributed by atoms with Crippen LogP contribution in [0.1, 0.15) is 24.8 Å². The fourth-order valence-corrected chi connectivity index (χ4v) is 1.45. The molecule has 0 aliphatic rings. The average Bonchev–Trinajstić information content (AvgIpc) is 2.28. The zero-order chi connectivity index (χ0) is 12.7. The minimum absolute atomic E-state index is 0.265. The van der Waals surface area contributed by atoms with Crippen molar-refractivity contribution in [3.63, 3.8) is 0 Å². The number of nitrogens with zero attached hydrogens (tertiary/aromatic N) is 1. The van der Waals surface area contributed by atoms with Crippen LogP contribution in [0.4, 0.5) is 5.82 Å². The lowest BCUT2D eigenvalue weighted by molar-refractivity contribution is -0.118. The van der Waals surface area contributed by atoms with Crippen molar-refractivity contribution >= 4 is 28.9 Å². The highest BCUT2D eigenvalue weighted by atomic mass is 32.1. The number of carbonyl (C=O) groups is 1. The van der Waals surface area contributed by atoms with Gasteiger partial charge in [0.05, 0.1) is 0 Å². The molecule has 0 spiro atoms. The van der Waals surface area contributed by atoms with E-state index >= 15 is 0 Å². The molecule has 6 heteroatoms. The third-order valence-corrected chi connectivity index (χ3v) is 2.44. The Kier molecular flexibility index (Phi) is 5.35. The Bertz CT molecular complexity index is 408. The molecule has 0 saturated carbocycles. The highest BCUT2D eigenvalue weighted by molar-refractivity contribution is 7.80. The van der Waals surface area contributed by atoms with Crippen LogP contribution in [0.2, 0.25) is 0 Å². The molecule has 1 rings (SSSR count). The summed E-state index contributed by atoms with van der Waals surface area (Å²) in [6.07, 6.45) is 3.71. The number of aromatic nitrogens is 1. The fourth-order valence-electron chi connectivity index (χ4n) is 1.32. The van der Waals surface area contributed by atoms with E-state index in [2.05, 4.69) is 10.3 Å². The second kappa shape index (κ2) is 6.80. The molecule has 0 bridgehead atoms. The number of hydrogen-bond donors (Lipinski definition) is 3. The summed E-state index contributed by atoms with van der Waals surface area (Å²) in [6, 6.07) is 3.57. The van der Waals surface area contributed by atoms with Crippen molar-refractivity contribution in [1.29, 1.82) is 0 Å². The molecule has 0 unspecified atom stereocenters. The Balaban J connectivity index is 2.34. The smallest absolute Gasteiger partial charge is 0.217 e. The topological polar surface area (TPSA) is 94.0 Å². The molecule has 17 heavy (non-hydrogen) atoms. The van der Waals surface area contributed by atoms with Gasteiger partial charge in [-0.1, -0.05) is 12.2 Å². The number of unbranched alkanes of at least 4 members (excludes halogenated alkanes) is 1. The van der Waals surface area contributed by atoms with Crippen LogP contribution in [0, 0.1) is 0 Å². The van der Waals surface area contributed by atoms with Crippen molar-refractivity contribution in [3.8, 4) is 0 Å². The standard InChI is InChI=1S/C11H16N4OS/c12-9(16)3-1-2-5-14-10-7-8(11(13)17)4-6-15-10/h4,6-7H,1-3,5H2,(H2,12,16)(H2,13,17)(H,14,15). The second-order valence-corrected chi connectivity index (χ2v) is 4.08. The number of rotatable bonds is 7. The molecule has 5 N–H and O–H groups in total. The van der Waals surface area contributed by atoms with E-state index in [4.69, 9.17) is 23.7 Å². The number of primary amides is 1. The van der Waals surface area contributed by atoms with Crippen molar-refractivity contribution < 1.29 is 4.79 Å². The first kappa shape index (κ1) is 13.4. The van der Waals surface area contributed by atoms with Crippen LogP contribution in [0.25, 0.3) is 0 Å². The highest BCUT2D eigenvalue weighted by Gasteiger charge is 1.99. The summed E-state index contributed by atoms with van der Waals surface area (Å²) >= 11 is 4.88. The molecule has 0 fully saturated rings. The molecular formula is C11H16N4OS. The first-order valence-electron chi connectivity index (χ1n) is 5.37. The number of nitrogens with two attached hydrogens (primary N) is 2. The number of hydrogen-bond acceptors (Lipinski definition) is 4. The van der Waals surface area contributed by atoms with Crippen molar-refractivity contribution in [2.45, 2.75) is 19.3 Å². The van der Waals surface area contributed by atoms with Gasteiger partial charge in [0, 0.05) is 24.7 Å². The summed E-state index contributed by atoms with van der Waals surface area (Å²) in [4.78, 5) is 15.0. The van der Waals surface area contributed by atoms with E-state index in [1.165, 1.54) is 0 Å². The van der Waals surface area contributed by atoms with Gasteiger partial charge in [-0.3, -0.25) is 4.79 Å². The van der Waals surface area contributed by atoms with Crippen LogP contribution in [0.3, 0.4) is 0 Å². The van der Waals surface area contributed by atoms with Crippen LogP contribution in [-0.4, -0.2) is 22.4 Å². The molecule has 0 atom stereocenters. The number of thiocarbonyl (C=S) groups is 1. The molecule has 1 aromatic rings. The molecule has 1 aromatic heterocycles. The van der Waals surface area contributed by atoms with Crippen molar-refractivity contribution in [2.75, 3.05) is 11.9 Å². The lowest BCUT2D eigenvalue weighted by Crippen LogP contribution is -2.12. The maximum atomic E-state index is 10.5. The number of carbonyl (C=O) groups excluding carboxylic acids is 1. The molecule has 0 aliphatic carbocycles. The fraction of sp³-hybridized carbons (Fsp3) is 0.364. The summed E-state index contributed by atoms with van der Waals surface area (Å²) in [7, 11) is 0. The van der Waals surface area contributed by atoms with Crippen molar-refractivity contribution in [3.05, 3.63) is 23.9 Å². The predicted molar refractivity (Wildman–Crippen MR) is 71.7 cm³/mol. The van der Waals surface area contributed by atoms with Gasteiger partial charge in [-0.05, 0) is 25.0 Å². The maximum Gasteiger partial charge on any atom is 0.217 e. The minimum Gasteiger partial charge on any atom is -0.389 e. The zero-order valence-electron chi connectivity index (χ0n) is 9.48. The summed E-state index contributed by atoms with van der Waals surface area (Å²) < 4.78 is 0. The lowest BCUT2D eigenvalue weighted by atomic mass is 10.2. The molecule has 1 amide bonds. The van der Waals surface area contributed by atoms with Crippen LogP contribution in [0.15, 0.2) is 18.3 Å². The van der Waals surface area contributed by atoms with Gasteiger partial charge < -0.3 is 16.8 Å². The first-order valence-corrected chi connectivity index (χ1v) is 5.78. The third-order valence-electron chi connectivity index (χ3n) is 2.20. The Morgan fingerprint density at radius 2 is 2.18 bits per heavy atom. The van der Waals surface area contributed by atoms with Crippen molar-refractivity contribution in [2.24, 2.45) is 11.5 Å². The van der Waals surface area contributed by atoms with Crippen LogP contribution >= 0.6 is 12.2 Å². The monoisotopic (exact) mass is 252 g/mol. The third kappa shape index (κ3) is 5.26. The van der Waals surface area contributed by atoms with E-state index in [1.54, 1.807) is 18.3 Å². The van der Waals surface area contributed by atoms with Gasteiger partial charge in [-0.25, -0.2) is 4.98 Å². The van der Waals surface area contributed by atoms with Crippen LogP contribution in [-0.2, 0) is 4.79 Å². The van der Waals surface area contributed by atoms with E-state index in [0.29, 0.717) is 11.4 Å². The molecule has 1 heterocycles. The Labute approximate surface area is 106 Å². The number of nitrogens with one attached hydrogen (secondary N) is 1. The van der Waals surface area contributed by atoms with E-state index in [0.717, 1.165) is 30.8 Å². The van der Waals surface area contributed by atoms with E-state index < -0.39 is 0 Å². The van der Waals surface area contributed by atoms with Gasteiger partial charge in [-0.2, -0.15) is 0 Å². The van der Waals surface area contributed by atoms with E-state index in [1.807, 2.05) is 0 Å². The Hall–Kier alpha value is -1.69. The van der Waals surface area contributed by atoms with Gasteiger partial charge in [0.1, 0.15) is 10.8 Å². The molecule has 0 saturated heterocycles. The quantitative estimate of drug-likeness (QED) is 0.492. The molecule has 0 radical (unpaired) electrons. The lowest BCUT2D eigenvalue weighted by Gasteiger charge is -2.06. The zero-order valence-corrected chi connectivity index (χ0v) is 10.3. The van der Waals surface area contributed by atoms with Crippen molar-refractivity contribution in [1.82, 2.24) is 4.98 Å². The summed E-state index contributed by atoms with van der Waals surface area (Å²) in [6.45, 7) is 0.737. The van der Waals surface area contributed by atoms with Crippen LogP contribution < -0.4 is 16.8 Å². The van der Waals surface area contributed by atoms with Gasteiger partial charge in [0.25, 0.3) is 0 Å². The van der Waals surface area contributed by atoms with E-state index in [-0.39, 0.29) is 5.91 Å². The summed E-state index contributed by atoms with van der Waals surface area (Å²) in [5.74, 6) is 0.466. The van der Waals surface area contributed by atoms with E-state index in [9.17, 15) is 4.79 Å².